The molecule has 1 atom stereocenters. The molecule has 0 unspecified atom stereocenters. The summed E-state index contributed by atoms with van der Waals surface area (Å²) in [6, 6.07) is 14.8. The molecular weight excluding hydrogens is 354 g/mol. The maximum Gasteiger partial charge on any atom is 0.260 e. The van der Waals surface area contributed by atoms with Gasteiger partial charge in [-0.15, -0.1) is 0 Å². The van der Waals surface area contributed by atoms with Crippen molar-refractivity contribution in [3.05, 3.63) is 64.7 Å². The van der Waals surface area contributed by atoms with E-state index in [0.717, 1.165) is 30.1 Å². The summed E-state index contributed by atoms with van der Waals surface area (Å²) in [4.78, 5) is 12.3. The van der Waals surface area contributed by atoms with Gasteiger partial charge in [-0.1, -0.05) is 35.9 Å². The first-order valence-electron chi connectivity index (χ1n) is 9.81. The van der Waals surface area contributed by atoms with Crippen molar-refractivity contribution in [1.82, 2.24) is 5.32 Å². The molecule has 0 saturated heterocycles. The number of ether oxygens (including phenoxy) is 1. The van der Waals surface area contributed by atoms with E-state index in [1.165, 1.54) is 35.1 Å². The van der Waals surface area contributed by atoms with Crippen molar-refractivity contribution >= 4 is 17.7 Å². The number of aryl methyl sites for hydroxylation is 3. The normalized spacial score (nSPS) is 14.3. The fraction of sp³-hybridized carbons (Fsp3) is 0.435. The van der Waals surface area contributed by atoms with Crippen molar-refractivity contribution in [1.29, 1.82) is 0 Å². The topological polar surface area (TPSA) is 38.3 Å². The summed E-state index contributed by atoms with van der Waals surface area (Å²) in [5, 5.41) is 2.98. The maximum absolute atomic E-state index is 12.3. The Hall–Kier alpha value is -1.94. The molecule has 0 fully saturated rings. The molecule has 0 aliphatic heterocycles. The number of rotatable bonds is 8. The highest BCUT2D eigenvalue weighted by molar-refractivity contribution is 7.98. The molecular formula is C23H29NO2S. The number of hydrogen-bond acceptors (Lipinski definition) is 3. The van der Waals surface area contributed by atoms with Crippen molar-refractivity contribution in [2.24, 2.45) is 0 Å². The number of hydrogen-bond donors (Lipinski definition) is 1. The fourth-order valence-electron chi connectivity index (χ4n) is 3.31. The van der Waals surface area contributed by atoms with Crippen LogP contribution in [-0.4, -0.2) is 24.3 Å². The first kappa shape index (κ1) is 19.8. The number of carbonyl (C=O) groups is 1. The lowest BCUT2D eigenvalue weighted by molar-refractivity contribution is -0.127. The lowest BCUT2D eigenvalue weighted by atomic mass is 9.92. The number of amides is 1. The predicted octanol–water partition coefficient (Wildman–Crippen LogP) is 4.69. The van der Waals surface area contributed by atoms with Gasteiger partial charge in [-0.25, -0.2) is 0 Å². The standard InChI is InChI=1S/C23H29NO2S/c1-17-7-9-19(10-8-17)16-27-14-13-24-23(25)18(2)26-22-12-11-20-5-3-4-6-21(20)15-22/h7-12,15,18H,3-6,13-14,16H2,1-2H3,(H,24,25)/t18-/m1/s1. The molecule has 144 valence electrons. The van der Waals surface area contributed by atoms with Crippen LogP contribution in [0.1, 0.15) is 42.0 Å². The van der Waals surface area contributed by atoms with E-state index in [1.807, 2.05) is 24.8 Å². The fourth-order valence-corrected chi connectivity index (χ4v) is 4.12. The van der Waals surface area contributed by atoms with Gasteiger partial charge in [0.25, 0.3) is 5.91 Å². The predicted molar refractivity (Wildman–Crippen MR) is 114 cm³/mol. The van der Waals surface area contributed by atoms with E-state index in [0.29, 0.717) is 6.54 Å². The van der Waals surface area contributed by atoms with Crippen LogP contribution in [0.15, 0.2) is 42.5 Å². The van der Waals surface area contributed by atoms with E-state index in [9.17, 15) is 4.79 Å². The van der Waals surface area contributed by atoms with Crippen LogP contribution in [0.3, 0.4) is 0 Å². The molecule has 1 aliphatic rings. The summed E-state index contributed by atoms with van der Waals surface area (Å²) in [6.07, 6.45) is 4.31. The Morgan fingerprint density at radius 3 is 2.63 bits per heavy atom. The van der Waals surface area contributed by atoms with Gasteiger partial charge in [0.2, 0.25) is 0 Å². The average molecular weight is 384 g/mol. The Bertz CT molecular complexity index is 757. The second kappa shape index (κ2) is 9.84. The Kier molecular flexibility index (Phi) is 7.22. The molecule has 0 radical (unpaired) electrons. The molecule has 0 bridgehead atoms. The summed E-state index contributed by atoms with van der Waals surface area (Å²) in [7, 11) is 0. The van der Waals surface area contributed by atoms with Crippen molar-refractivity contribution in [2.45, 2.75) is 51.4 Å². The van der Waals surface area contributed by atoms with Crippen LogP contribution in [-0.2, 0) is 23.4 Å². The molecule has 1 amide bonds. The first-order valence-corrected chi connectivity index (χ1v) is 11.0. The van der Waals surface area contributed by atoms with E-state index in [2.05, 4.69) is 48.6 Å². The maximum atomic E-state index is 12.3. The van der Waals surface area contributed by atoms with E-state index in [1.54, 1.807) is 0 Å². The third-order valence-electron chi connectivity index (χ3n) is 4.94. The van der Waals surface area contributed by atoms with E-state index in [-0.39, 0.29) is 5.91 Å². The zero-order chi connectivity index (χ0) is 19.1. The number of nitrogens with one attached hydrogen (secondary N) is 1. The largest absolute Gasteiger partial charge is 0.481 e. The number of thioether (sulfide) groups is 1. The van der Waals surface area contributed by atoms with Gasteiger partial charge in [0, 0.05) is 18.1 Å². The molecule has 3 rings (SSSR count). The van der Waals surface area contributed by atoms with Gasteiger partial charge in [-0.05, 0) is 68.4 Å². The van der Waals surface area contributed by atoms with Gasteiger partial charge in [0.15, 0.2) is 6.10 Å². The molecule has 27 heavy (non-hydrogen) atoms. The van der Waals surface area contributed by atoms with Gasteiger partial charge in [-0.3, -0.25) is 4.79 Å². The van der Waals surface area contributed by atoms with Gasteiger partial charge in [0.1, 0.15) is 5.75 Å². The molecule has 0 aromatic heterocycles. The van der Waals surface area contributed by atoms with Crippen LogP contribution in [0, 0.1) is 6.92 Å². The first-order chi connectivity index (χ1) is 13.1. The highest BCUT2D eigenvalue weighted by Gasteiger charge is 2.16. The highest BCUT2D eigenvalue weighted by Crippen LogP contribution is 2.25. The number of fused-ring (bicyclic) bond motifs is 1. The molecule has 2 aromatic carbocycles. The second-order valence-corrected chi connectivity index (χ2v) is 8.33. The van der Waals surface area contributed by atoms with E-state index in [4.69, 9.17) is 4.74 Å². The summed E-state index contributed by atoms with van der Waals surface area (Å²) in [5.74, 6) is 2.61. The van der Waals surface area contributed by atoms with Crippen molar-refractivity contribution < 1.29 is 9.53 Å². The van der Waals surface area contributed by atoms with E-state index < -0.39 is 6.10 Å². The minimum absolute atomic E-state index is 0.0522. The Morgan fingerprint density at radius 2 is 1.85 bits per heavy atom. The summed E-state index contributed by atoms with van der Waals surface area (Å²) >= 11 is 1.83. The zero-order valence-corrected chi connectivity index (χ0v) is 17.1. The van der Waals surface area contributed by atoms with Crippen LogP contribution in [0.2, 0.25) is 0 Å². The van der Waals surface area contributed by atoms with Gasteiger partial charge >= 0.3 is 0 Å². The lowest BCUT2D eigenvalue weighted by Crippen LogP contribution is -2.37. The molecule has 1 N–H and O–H groups in total. The molecule has 3 nitrogen and oxygen atoms in total. The average Bonchev–Trinajstić information content (AvgIpc) is 2.69. The molecule has 2 aromatic rings. The molecule has 0 saturated carbocycles. The summed E-state index contributed by atoms with van der Waals surface area (Å²) in [5.41, 5.74) is 5.40. The number of benzene rings is 2. The smallest absolute Gasteiger partial charge is 0.260 e. The van der Waals surface area contributed by atoms with Crippen LogP contribution in [0.5, 0.6) is 5.75 Å². The van der Waals surface area contributed by atoms with Crippen LogP contribution in [0.25, 0.3) is 0 Å². The minimum atomic E-state index is -0.478. The molecule has 0 heterocycles. The van der Waals surface area contributed by atoms with Crippen LogP contribution < -0.4 is 10.1 Å². The third-order valence-corrected chi connectivity index (χ3v) is 5.97. The van der Waals surface area contributed by atoms with Crippen LogP contribution >= 0.6 is 11.8 Å². The zero-order valence-electron chi connectivity index (χ0n) is 16.3. The third kappa shape index (κ3) is 6.03. The molecule has 4 heteroatoms. The van der Waals surface area contributed by atoms with Crippen molar-refractivity contribution in [2.75, 3.05) is 12.3 Å². The molecule has 0 spiro atoms. The minimum Gasteiger partial charge on any atom is -0.481 e. The van der Waals surface area contributed by atoms with E-state index >= 15 is 0 Å². The monoisotopic (exact) mass is 383 g/mol. The SMILES string of the molecule is Cc1ccc(CSCCNC(=O)[C@@H](C)Oc2ccc3c(c2)CCCC3)cc1. The number of carbonyl (C=O) groups excluding carboxylic acids is 1. The Labute approximate surface area is 166 Å². The second-order valence-electron chi connectivity index (χ2n) is 7.23. The van der Waals surface area contributed by atoms with Gasteiger partial charge < -0.3 is 10.1 Å². The quantitative estimate of drug-likeness (QED) is 0.672. The Balaban J connectivity index is 1.37. The van der Waals surface area contributed by atoms with Gasteiger partial charge in [-0.2, -0.15) is 11.8 Å². The van der Waals surface area contributed by atoms with Crippen LogP contribution in [0.4, 0.5) is 0 Å². The summed E-state index contributed by atoms with van der Waals surface area (Å²) < 4.78 is 5.86. The lowest BCUT2D eigenvalue weighted by Gasteiger charge is -2.19. The Morgan fingerprint density at radius 1 is 1.11 bits per heavy atom. The van der Waals surface area contributed by atoms with Crippen molar-refractivity contribution in [3.63, 3.8) is 0 Å². The van der Waals surface area contributed by atoms with Crippen molar-refractivity contribution in [3.8, 4) is 5.75 Å². The van der Waals surface area contributed by atoms with Gasteiger partial charge in [0.05, 0.1) is 0 Å². The molecule has 1 aliphatic carbocycles. The highest BCUT2D eigenvalue weighted by atomic mass is 32.2. The summed E-state index contributed by atoms with van der Waals surface area (Å²) in [6.45, 7) is 4.57.